The summed E-state index contributed by atoms with van der Waals surface area (Å²) >= 11 is 11.8. The fraction of sp³-hybridized carbons (Fsp3) is 0.250. The number of nitrogens with zero attached hydrogens (tertiary/aromatic N) is 1. The zero-order valence-electron chi connectivity index (χ0n) is 17.2. The monoisotopic (exact) mass is 484 g/mol. The summed E-state index contributed by atoms with van der Waals surface area (Å²) in [6, 6.07) is 10.6. The number of rotatable bonds is 5. The summed E-state index contributed by atoms with van der Waals surface area (Å²) in [6.45, 7) is -0.512. The van der Waals surface area contributed by atoms with E-state index in [0.717, 1.165) is 6.42 Å². The molecule has 33 heavy (non-hydrogen) atoms. The molecule has 0 unspecified atom stereocenters. The molecule has 7 nitrogen and oxygen atoms in total. The van der Waals surface area contributed by atoms with Gasteiger partial charge in [-0.25, -0.2) is 4.79 Å². The second kappa shape index (κ2) is 8.32. The van der Waals surface area contributed by atoms with E-state index in [0.29, 0.717) is 16.4 Å². The number of amides is 3. The van der Waals surface area contributed by atoms with Gasteiger partial charge in [-0.3, -0.25) is 19.3 Å². The molecule has 0 radical (unpaired) electrons. The molecule has 1 heterocycles. The molecule has 4 atom stereocenters. The summed E-state index contributed by atoms with van der Waals surface area (Å²) < 4.78 is 5.05. The molecule has 0 aromatic heterocycles. The van der Waals surface area contributed by atoms with Crippen LogP contribution in [0, 0.1) is 23.7 Å². The highest BCUT2D eigenvalue weighted by molar-refractivity contribution is 6.36. The lowest BCUT2D eigenvalue weighted by Crippen LogP contribution is -2.32. The highest BCUT2D eigenvalue weighted by Crippen LogP contribution is 2.53. The molecule has 2 aliphatic carbocycles. The number of carbonyl (C=O) groups excluding carboxylic acids is 4. The largest absolute Gasteiger partial charge is 0.452 e. The van der Waals surface area contributed by atoms with Crippen molar-refractivity contribution in [3.8, 4) is 0 Å². The van der Waals surface area contributed by atoms with Gasteiger partial charge in [0.25, 0.3) is 5.91 Å². The highest BCUT2D eigenvalue weighted by atomic mass is 35.5. The van der Waals surface area contributed by atoms with Gasteiger partial charge in [0, 0.05) is 5.02 Å². The predicted octanol–water partition coefficient (Wildman–Crippen LogP) is 4.10. The normalized spacial score (nSPS) is 24.8. The molecule has 1 N–H and O–H groups in total. The van der Waals surface area contributed by atoms with Crippen molar-refractivity contribution < 1.29 is 23.9 Å². The van der Waals surface area contributed by atoms with Crippen molar-refractivity contribution in [2.45, 2.75) is 6.42 Å². The maximum atomic E-state index is 12.9. The minimum absolute atomic E-state index is 0.129. The molecular formula is C24H18Cl2N2O5. The van der Waals surface area contributed by atoms with Crippen LogP contribution < -0.4 is 10.2 Å². The Balaban J connectivity index is 1.20. The molecule has 5 rings (SSSR count). The van der Waals surface area contributed by atoms with E-state index < -0.39 is 18.5 Å². The molecule has 9 heteroatoms. The van der Waals surface area contributed by atoms with Gasteiger partial charge in [-0.05, 0) is 60.7 Å². The summed E-state index contributed by atoms with van der Waals surface area (Å²) in [5, 5.41) is 3.23. The van der Waals surface area contributed by atoms with E-state index in [1.807, 2.05) is 12.2 Å². The smallest absolute Gasteiger partial charge is 0.338 e. The van der Waals surface area contributed by atoms with E-state index >= 15 is 0 Å². The van der Waals surface area contributed by atoms with Crippen LogP contribution in [-0.4, -0.2) is 30.3 Å². The first-order chi connectivity index (χ1) is 15.8. The number of nitrogens with one attached hydrogen (secondary N) is 1. The van der Waals surface area contributed by atoms with Crippen LogP contribution in [0.2, 0.25) is 10.0 Å². The van der Waals surface area contributed by atoms with Gasteiger partial charge in [-0.15, -0.1) is 0 Å². The maximum absolute atomic E-state index is 12.9. The molecule has 0 spiro atoms. The first-order valence-electron chi connectivity index (χ1n) is 10.4. The van der Waals surface area contributed by atoms with Gasteiger partial charge in [-0.1, -0.05) is 35.4 Å². The number of esters is 1. The Morgan fingerprint density at radius 2 is 1.61 bits per heavy atom. The number of anilines is 2. The Kier molecular flexibility index (Phi) is 5.46. The average molecular weight is 485 g/mol. The Bertz CT molecular complexity index is 1180. The van der Waals surface area contributed by atoms with Crippen molar-refractivity contribution in [2.75, 3.05) is 16.8 Å². The van der Waals surface area contributed by atoms with Gasteiger partial charge in [0.05, 0.1) is 33.8 Å². The fourth-order valence-electron chi connectivity index (χ4n) is 4.89. The lowest BCUT2D eigenvalue weighted by molar-refractivity contribution is -0.123. The lowest BCUT2D eigenvalue weighted by atomic mass is 9.85. The van der Waals surface area contributed by atoms with Crippen molar-refractivity contribution in [3.63, 3.8) is 0 Å². The van der Waals surface area contributed by atoms with Crippen LogP contribution in [0.1, 0.15) is 16.8 Å². The number of hydrogen-bond acceptors (Lipinski definition) is 5. The predicted molar refractivity (Wildman–Crippen MR) is 122 cm³/mol. The van der Waals surface area contributed by atoms with Crippen molar-refractivity contribution in [3.05, 3.63) is 70.2 Å². The average Bonchev–Trinajstić information content (AvgIpc) is 3.48. The van der Waals surface area contributed by atoms with E-state index in [-0.39, 0.29) is 46.1 Å². The number of carbonyl (C=O) groups is 4. The zero-order chi connectivity index (χ0) is 23.3. The summed E-state index contributed by atoms with van der Waals surface area (Å²) in [5.74, 6) is -1.96. The van der Waals surface area contributed by atoms with Gasteiger partial charge in [-0.2, -0.15) is 0 Å². The van der Waals surface area contributed by atoms with Crippen molar-refractivity contribution in [1.29, 1.82) is 0 Å². The number of allylic oxidation sites excluding steroid dienone is 2. The molecule has 2 aromatic rings. The Morgan fingerprint density at radius 3 is 2.21 bits per heavy atom. The number of ether oxygens (including phenoxy) is 1. The maximum Gasteiger partial charge on any atom is 0.338 e. The summed E-state index contributed by atoms with van der Waals surface area (Å²) in [6.07, 6.45) is 4.94. The number of halogens is 2. The Morgan fingerprint density at radius 1 is 0.970 bits per heavy atom. The van der Waals surface area contributed by atoms with Crippen LogP contribution >= 0.6 is 23.2 Å². The van der Waals surface area contributed by atoms with Crippen LogP contribution in [0.25, 0.3) is 0 Å². The van der Waals surface area contributed by atoms with Crippen molar-refractivity contribution in [1.82, 2.24) is 0 Å². The minimum Gasteiger partial charge on any atom is -0.452 e. The molecule has 1 saturated carbocycles. The fourth-order valence-corrected chi connectivity index (χ4v) is 5.35. The molecule has 168 valence electrons. The Labute approximate surface area is 199 Å². The van der Waals surface area contributed by atoms with Crippen molar-refractivity contribution >= 4 is 58.3 Å². The van der Waals surface area contributed by atoms with Crippen molar-refractivity contribution in [2.24, 2.45) is 23.7 Å². The minimum atomic E-state index is -0.711. The van der Waals surface area contributed by atoms with Gasteiger partial charge in [0.2, 0.25) is 11.8 Å². The van der Waals surface area contributed by atoms with E-state index in [1.165, 1.54) is 35.2 Å². The highest BCUT2D eigenvalue weighted by Gasteiger charge is 2.59. The van der Waals surface area contributed by atoms with Crippen LogP contribution in [0.5, 0.6) is 0 Å². The van der Waals surface area contributed by atoms with E-state index in [2.05, 4.69) is 5.32 Å². The molecule has 2 fully saturated rings. The van der Waals surface area contributed by atoms with E-state index in [1.54, 1.807) is 12.1 Å². The SMILES string of the molecule is O=C(COC(=O)c1ccc(N2C(=O)[C@@H]3[C@@H](C2=O)[C@H]2C=C[C@H]3C2)cc1)Nc1ccc(Cl)cc1Cl. The molecular weight excluding hydrogens is 467 g/mol. The standard InChI is InChI=1S/C24H18Cl2N2O5/c25-15-5-8-18(17(26)10-15)27-19(29)11-33-24(32)12-3-6-16(7-4-12)28-22(30)20-13-1-2-14(9-13)21(20)23(28)31/h1-8,10,13-14,20-21H,9,11H2,(H,27,29)/t13-,14-,20-,21-/m0/s1. The van der Waals surface area contributed by atoms with Crippen LogP contribution in [-0.2, 0) is 19.1 Å². The molecule has 2 aromatic carbocycles. The third kappa shape index (κ3) is 3.81. The van der Waals surface area contributed by atoms with Crippen LogP contribution in [0.15, 0.2) is 54.6 Å². The van der Waals surface area contributed by atoms with E-state index in [4.69, 9.17) is 27.9 Å². The van der Waals surface area contributed by atoms with Gasteiger partial charge in [0.15, 0.2) is 6.61 Å². The molecule has 2 bridgehead atoms. The second-order valence-corrected chi connectivity index (χ2v) is 9.15. The first-order valence-corrected chi connectivity index (χ1v) is 11.2. The number of benzene rings is 2. The molecule has 3 amide bonds. The Hall–Kier alpha value is -3.16. The lowest BCUT2D eigenvalue weighted by Gasteiger charge is -2.17. The molecule has 1 aliphatic heterocycles. The van der Waals surface area contributed by atoms with Gasteiger partial charge < -0.3 is 10.1 Å². The summed E-state index contributed by atoms with van der Waals surface area (Å²) in [7, 11) is 0. The van der Waals surface area contributed by atoms with E-state index in [9.17, 15) is 19.2 Å². The number of fused-ring (bicyclic) bond motifs is 5. The topological polar surface area (TPSA) is 92.8 Å². The first kappa shape index (κ1) is 21.7. The van der Waals surface area contributed by atoms with Gasteiger partial charge in [0.1, 0.15) is 0 Å². The molecule has 3 aliphatic rings. The number of hydrogen-bond donors (Lipinski definition) is 1. The van der Waals surface area contributed by atoms with Crippen LogP contribution in [0.3, 0.4) is 0 Å². The van der Waals surface area contributed by atoms with Crippen LogP contribution in [0.4, 0.5) is 11.4 Å². The number of imide groups is 1. The van der Waals surface area contributed by atoms with Gasteiger partial charge >= 0.3 is 5.97 Å². The quantitative estimate of drug-likeness (QED) is 0.391. The summed E-state index contributed by atoms with van der Waals surface area (Å²) in [5.41, 5.74) is 0.961. The third-order valence-electron chi connectivity index (χ3n) is 6.37. The molecule has 1 saturated heterocycles. The summed E-state index contributed by atoms with van der Waals surface area (Å²) in [4.78, 5) is 51.4. The zero-order valence-corrected chi connectivity index (χ0v) is 18.7. The second-order valence-electron chi connectivity index (χ2n) is 8.31. The third-order valence-corrected chi connectivity index (χ3v) is 6.92.